The minimum atomic E-state index is -1.72. The number of H-pyrrole nitrogens is 3. The molecule has 3 aromatic heterocycles. The minimum Gasteiger partial charge on any atom is -0.508 e. The fourth-order valence-electron chi connectivity index (χ4n) is 17.0. The predicted molar refractivity (Wildman–Crippen MR) is 506 cm³/mol. The average Bonchev–Trinajstić information content (AvgIpc) is 1.70. The zero-order chi connectivity index (χ0) is 100. The maximum atomic E-state index is 15.9. The molecule has 6 aromatic rings. The molecule has 744 valence electrons. The number of benzene rings is 3. The monoisotopic (exact) mass is 1920 g/mol. The number of imidazole rings is 1. The van der Waals surface area contributed by atoms with Crippen LogP contribution < -0.4 is 81.4 Å². The summed E-state index contributed by atoms with van der Waals surface area (Å²) in [6.45, 7) is 6.83. The second kappa shape index (κ2) is 51.3. The fourth-order valence-corrected chi connectivity index (χ4v) is 17.8. The third-order valence-corrected chi connectivity index (χ3v) is 25.8. The van der Waals surface area contributed by atoms with Gasteiger partial charge in [0.2, 0.25) is 100 Å². The number of guanidine groups is 1. The number of aromatic amines is 3. The van der Waals surface area contributed by atoms with E-state index in [-0.39, 0.29) is 102 Å². The summed E-state index contributed by atoms with van der Waals surface area (Å²) in [5.41, 5.74) is 25.9. The number of aliphatic hydroxyl groups excluding tert-OH is 1. The summed E-state index contributed by atoms with van der Waals surface area (Å²) in [5.74, 6) is -17.5. The highest BCUT2D eigenvalue weighted by molar-refractivity contribution is 8.00. The lowest BCUT2D eigenvalue weighted by Gasteiger charge is -2.36. The first-order valence-electron chi connectivity index (χ1n) is 46.2. The molecule has 0 aliphatic carbocycles. The van der Waals surface area contributed by atoms with Gasteiger partial charge in [-0.25, -0.2) is 4.98 Å². The smallest absolute Gasteiger partial charge is 0.245 e. The van der Waals surface area contributed by atoms with Crippen LogP contribution in [0.25, 0.3) is 21.8 Å². The average molecular weight is 1920 g/mol. The number of amides is 17. The summed E-state index contributed by atoms with van der Waals surface area (Å²) < 4.78 is 0. The number of hydrogen-bond acceptors (Lipinski definition) is 23. The van der Waals surface area contributed by atoms with Crippen molar-refractivity contribution in [1.29, 1.82) is 5.41 Å². The van der Waals surface area contributed by atoms with Gasteiger partial charge in [-0.1, -0.05) is 102 Å². The number of primary amides is 2. The van der Waals surface area contributed by atoms with Crippen molar-refractivity contribution in [3.63, 3.8) is 0 Å². The maximum Gasteiger partial charge on any atom is 0.245 e. The summed E-state index contributed by atoms with van der Waals surface area (Å²) in [6.07, 6.45) is 3.72. The molecule has 25 N–H and O–H groups in total. The number of fused-ring (bicyclic) bond motifs is 4. The number of rotatable bonds is 27. The van der Waals surface area contributed by atoms with Gasteiger partial charge in [0.05, 0.1) is 30.4 Å². The SMILES string of the molecule is CCCC[C@H]1C(=O)N(C)[C@@H](CCCC)C(=O)N[C@@H](CCCNC(=N)N)C(=O)N[C@H](C(=O)NCC(N)=O)CSCC(=O)N[C@@H](Cc2ccc(O)cc2)C(=O)N(C)[C@@H](C)C(=O)N[C@@H](CCN)C(=O)N2CCC[C@H]2C(=O)N[C@@H](Cc2c[nH]cn2)C(=O)N[C@@H](CCC(N)=O)C(=O)N2C[C@H](O)C[C@H]2C(=O)N[C@@H](Cc2c[nH]c3ccccc23)C(=O)N[C@@H](C(C)C)C(=O)N[C@@H](Cc2c[nH]c3ccccc23)C(=O)N1C. The molecule has 44 nitrogen and oxygen atoms in total. The van der Waals surface area contributed by atoms with Crippen molar-refractivity contribution in [2.24, 2.45) is 28.9 Å². The lowest BCUT2D eigenvalue weighted by molar-refractivity contribution is -0.149. The van der Waals surface area contributed by atoms with Crippen LogP contribution in [-0.2, 0) is 107 Å². The molecule has 137 heavy (non-hydrogen) atoms. The van der Waals surface area contributed by atoms with Crippen molar-refractivity contribution >= 4 is 140 Å². The van der Waals surface area contributed by atoms with Gasteiger partial charge in [-0.15, -0.1) is 11.8 Å². The van der Waals surface area contributed by atoms with Crippen LogP contribution >= 0.6 is 11.8 Å². The molecule has 0 bridgehead atoms. The molecule has 0 spiro atoms. The molecule has 15 atom stereocenters. The van der Waals surface area contributed by atoms with Gasteiger partial charge in [0.15, 0.2) is 5.96 Å². The highest BCUT2D eigenvalue weighted by atomic mass is 32.2. The number of aromatic nitrogens is 4. The zero-order valence-electron chi connectivity index (χ0n) is 78.4. The van der Waals surface area contributed by atoms with E-state index in [9.17, 15) is 53.4 Å². The first-order valence-corrected chi connectivity index (χ1v) is 47.3. The Balaban J connectivity index is 1.11. The predicted octanol–water partition coefficient (Wildman–Crippen LogP) is -2.57. The molecule has 3 saturated heterocycles. The summed E-state index contributed by atoms with van der Waals surface area (Å²) in [7, 11) is 4.02. The summed E-state index contributed by atoms with van der Waals surface area (Å²) in [5, 5.41) is 60.6. The maximum absolute atomic E-state index is 15.9. The second-order valence-electron chi connectivity index (χ2n) is 35.2. The highest BCUT2D eigenvalue weighted by Gasteiger charge is 2.47. The number of para-hydroxylation sites is 2. The van der Waals surface area contributed by atoms with Crippen molar-refractivity contribution in [2.75, 3.05) is 65.4 Å². The Hall–Kier alpha value is -13.7. The van der Waals surface area contributed by atoms with Gasteiger partial charge < -0.3 is 131 Å². The Bertz CT molecular complexity index is 5270. The first-order chi connectivity index (χ1) is 65.3. The van der Waals surface area contributed by atoms with Crippen LogP contribution in [0.3, 0.4) is 0 Å². The third kappa shape index (κ3) is 29.9. The number of phenols is 1. The fraction of sp³-hybridized carbons (Fsp3) is 0.533. The molecular weight excluding hydrogens is 1790 g/mol. The normalized spacial score (nSPS) is 24.6. The minimum absolute atomic E-state index is 0.00129. The lowest BCUT2D eigenvalue weighted by atomic mass is 9.98. The van der Waals surface area contributed by atoms with Crippen LogP contribution in [0, 0.1) is 11.3 Å². The van der Waals surface area contributed by atoms with Crippen molar-refractivity contribution in [3.8, 4) is 5.75 Å². The summed E-state index contributed by atoms with van der Waals surface area (Å²) in [6, 6.07) is -1.18. The first kappa shape index (κ1) is 107. The van der Waals surface area contributed by atoms with E-state index in [1.807, 2.05) is 13.8 Å². The molecule has 6 heterocycles. The van der Waals surface area contributed by atoms with Gasteiger partial charge in [0.25, 0.3) is 0 Å². The molecule has 0 saturated carbocycles. The number of aliphatic hydroxyl groups is 1. The number of nitrogens with one attached hydrogen (secondary N) is 15. The lowest BCUT2D eigenvalue weighted by Crippen LogP contribution is -2.62. The highest BCUT2D eigenvalue weighted by Crippen LogP contribution is 2.28. The number of carbonyl (C=O) groups is 17. The molecular formula is C92H131N25O19S. The van der Waals surface area contributed by atoms with Gasteiger partial charge in [0, 0.05) is 125 Å². The van der Waals surface area contributed by atoms with E-state index in [0.29, 0.717) is 64.2 Å². The number of carbonyl (C=O) groups excluding carboxylic acids is 17. The van der Waals surface area contributed by atoms with Crippen molar-refractivity contribution in [2.45, 2.75) is 241 Å². The molecule has 0 radical (unpaired) electrons. The van der Waals surface area contributed by atoms with Gasteiger partial charge in [0.1, 0.15) is 90.3 Å². The quantitative estimate of drug-likeness (QED) is 0.0143. The van der Waals surface area contributed by atoms with Crippen molar-refractivity contribution < 1.29 is 91.7 Å². The Kier molecular flexibility index (Phi) is 40.0. The Morgan fingerprint density at radius 3 is 1.70 bits per heavy atom. The van der Waals surface area contributed by atoms with Gasteiger partial charge in [-0.2, -0.15) is 0 Å². The zero-order valence-corrected chi connectivity index (χ0v) is 79.2. The van der Waals surface area contributed by atoms with E-state index in [2.05, 4.69) is 78.4 Å². The van der Waals surface area contributed by atoms with Gasteiger partial charge in [-0.3, -0.25) is 86.9 Å². The number of thioether (sulfide) groups is 1. The van der Waals surface area contributed by atoms with E-state index in [1.54, 1.807) is 74.8 Å². The number of aromatic hydroxyl groups is 1. The van der Waals surface area contributed by atoms with E-state index in [4.69, 9.17) is 28.3 Å². The van der Waals surface area contributed by atoms with Crippen LogP contribution in [0.1, 0.15) is 147 Å². The third-order valence-electron chi connectivity index (χ3n) is 24.8. The second-order valence-corrected chi connectivity index (χ2v) is 36.3. The van der Waals surface area contributed by atoms with Crippen molar-refractivity contribution in [1.82, 2.24) is 103 Å². The van der Waals surface area contributed by atoms with E-state index in [0.717, 1.165) is 21.6 Å². The number of likely N-dealkylation sites (N-methyl/N-ethyl adjacent to an activating group) is 3. The molecule has 3 aliphatic heterocycles. The summed E-state index contributed by atoms with van der Waals surface area (Å²) >= 11 is 0.785. The van der Waals surface area contributed by atoms with Crippen LogP contribution in [0.2, 0.25) is 0 Å². The van der Waals surface area contributed by atoms with Crippen LogP contribution in [0.15, 0.2) is 97.7 Å². The molecule has 3 aromatic carbocycles. The number of nitrogens with two attached hydrogens (primary N) is 4. The van der Waals surface area contributed by atoms with Crippen LogP contribution in [0.4, 0.5) is 0 Å². The molecule has 3 fully saturated rings. The largest absolute Gasteiger partial charge is 0.508 e. The van der Waals surface area contributed by atoms with E-state index >= 15 is 38.4 Å². The van der Waals surface area contributed by atoms with Crippen molar-refractivity contribution in [3.05, 3.63) is 120 Å². The van der Waals surface area contributed by atoms with Gasteiger partial charge in [-0.05, 0) is 112 Å². The molecule has 9 rings (SSSR count). The number of unbranched alkanes of at least 4 members (excludes halogenated alkanes) is 2. The Labute approximate surface area is 797 Å². The summed E-state index contributed by atoms with van der Waals surface area (Å²) in [4.78, 5) is 271. The Morgan fingerprint density at radius 1 is 0.547 bits per heavy atom. The van der Waals surface area contributed by atoms with Crippen LogP contribution in [0.5, 0.6) is 5.75 Å². The standard InChI is InChI=1S/C92H131N25O19S/c1-9-11-24-70-83(128)105-62(23-17-35-99-92(96)97)80(125)111-69(79(124)102-45-75(95)121)47-137-48-76(122)104-67(37-52-27-29-56(118)30-28-52)87(132)113(6)51(5)78(123)106-64(33-34-93)89(134)116-36-18-26-71(116)84(129)109-66(40-55-44-98-49-103-55)81(126)107-63(31-32-74(94)120)90(135)117-46-57(119)41-73(117)85(130)108-65(38-53-42-100-60-21-15-13-19-58(53)60)82(127)112-77(50(3)4)86(131)110-68(39-54-43-101-61-22-16-14-20-59(54)61)88(133)115(8)72(25-12-10-2)91(136)114(70)7/h13-16,19-22,27-30,42-44,49-51,57,62-73,77,100-101,118-119H,9-12,17-18,23-26,31-41,45-48,93H2,1-8H3,(H2,94,120)(H2,95,121)(H,98,103)(H,102,124)(H,104,122)(H,105,128)(H,106,123)(H,107,126)(H,108,130)(H,109,129)(H,110,131)(H,111,125)(H,112,127)(H4,96,97,99)/t51-,57+,62-,63-,64-,65-,66-,67-,68-,69-,70-,71-,72-,73-,77-/m0/s1. The number of phenolic OH excluding ortho intramolecular Hbond substituents is 1. The Morgan fingerprint density at radius 2 is 1.09 bits per heavy atom. The molecule has 3 aliphatic rings. The molecule has 45 heteroatoms. The number of hydrogen-bond donors (Lipinski definition) is 21. The van der Waals surface area contributed by atoms with Gasteiger partial charge >= 0.3 is 0 Å². The number of nitrogens with zero attached hydrogens (tertiary/aromatic N) is 6. The van der Waals surface area contributed by atoms with Crippen LogP contribution in [-0.4, -0.2) is 317 Å². The van der Waals surface area contributed by atoms with E-state index < -0.39 is 247 Å². The van der Waals surface area contributed by atoms with E-state index in [1.165, 1.54) is 79.6 Å². The topological polar surface area (TPSA) is 667 Å². The molecule has 0 unspecified atom stereocenters. The molecule has 17 amide bonds.